The number of nitrogens with zero attached hydrogens (tertiary/aromatic N) is 2. The lowest BCUT2D eigenvalue weighted by Gasteiger charge is -2.25. The minimum Gasteiger partial charge on any atom is -0.384 e. The molecular formula is C15H18ClN3. The van der Waals surface area contributed by atoms with Gasteiger partial charge in [-0.3, -0.25) is 4.90 Å². The van der Waals surface area contributed by atoms with Crippen molar-refractivity contribution < 1.29 is 0 Å². The molecule has 0 amide bonds. The number of hydrogen-bond acceptors (Lipinski definition) is 3. The number of nitrogen functional groups attached to an aromatic ring is 1. The zero-order chi connectivity index (χ0) is 13.8. The molecule has 0 aliphatic carbocycles. The summed E-state index contributed by atoms with van der Waals surface area (Å²) in [5.74, 6) is 0.552. The van der Waals surface area contributed by atoms with Gasteiger partial charge in [0.05, 0.1) is 5.69 Å². The first-order chi connectivity index (χ1) is 9.08. The van der Waals surface area contributed by atoms with Crippen molar-refractivity contribution in [2.75, 3.05) is 12.8 Å². The maximum Gasteiger partial charge on any atom is 0.123 e. The molecule has 0 saturated carbocycles. The van der Waals surface area contributed by atoms with Crippen LogP contribution in [0.5, 0.6) is 0 Å². The van der Waals surface area contributed by atoms with Gasteiger partial charge in [-0.05, 0) is 37.7 Å². The van der Waals surface area contributed by atoms with Crippen LogP contribution < -0.4 is 5.73 Å². The predicted octanol–water partition coefficient (Wildman–Crippen LogP) is 3.51. The standard InChI is InChI=1S/C15H18ClN3/c1-11(13-7-3-4-8-14(13)16)19(2)10-12-6-5-9-15(17)18-12/h3-9,11H,10H2,1-2H3,(H2,17,18). The van der Waals surface area contributed by atoms with Gasteiger partial charge < -0.3 is 5.73 Å². The number of rotatable bonds is 4. The van der Waals surface area contributed by atoms with Crippen molar-refractivity contribution in [3.8, 4) is 0 Å². The van der Waals surface area contributed by atoms with E-state index < -0.39 is 0 Å². The van der Waals surface area contributed by atoms with Crippen LogP contribution in [0.25, 0.3) is 0 Å². The molecule has 1 unspecified atom stereocenters. The van der Waals surface area contributed by atoms with Crippen molar-refractivity contribution in [2.45, 2.75) is 19.5 Å². The van der Waals surface area contributed by atoms with Crippen LogP contribution in [0.3, 0.4) is 0 Å². The van der Waals surface area contributed by atoms with E-state index in [4.69, 9.17) is 17.3 Å². The lowest BCUT2D eigenvalue weighted by Crippen LogP contribution is -2.22. The first kappa shape index (κ1) is 13.8. The Morgan fingerprint density at radius 2 is 1.95 bits per heavy atom. The first-order valence-electron chi connectivity index (χ1n) is 6.24. The van der Waals surface area contributed by atoms with Crippen LogP contribution in [0, 0.1) is 0 Å². The van der Waals surface area contributed by atoms with Crippen molar-refractivity contribution in [3.63, 3.8) is 0 Å². The van der Waals surface area contributed by atoms with Crippen molar-refractivity contribution in [3.05, 3.63) is 58.7 Å². The normalized spacial score (nSPS) is 12.6. The molecule has 1 aromatic carbocycles. The van der Waals surface area contributed by atoms with Crippen molar-refractivity contribution in [2.24, 2.45) is 0 Å². The number of halogens is 1. The second-order valence-electron chi connectivity index (χ2n) is 4.67. The zero-order valence-electron chi connectivity index (χ0n) is 11.2. The lowest BCUT2D eigenvalue weighted by atomic mass is 10.1. The number of aromatic nitrogens is 1. The molecular weight excluding hydrogens is 258 g/mol. The minimum atomic E-state index is 0.219. The molecule has 0 spiro atoms. The number of pyridine rings is 1. The van der Waals surface area contributed by atoms with Gasteiger partial charge in [-0.1, -0.05) is 35.9 Å². The predicted molar refractivity (Wildman–Crippen MR) is 80.0 cm³/mol. The van der Waals surface area contributed by atoms with Gasteiger partial charge in [-0.2, -0.15) is 0 Å². The van der Waals surface area contributed by atoms with Crippen LogP contribution in [0.4, 0.5) is 5.82 Å². The zero-order valence-corrected chi connectivity index (χ0v) is 11.9. The molecule has 0 saturated heterocycles. The van der Waals surface area contributed by atoms with Crippen LogP contribution in [-0.4, -0.2) is 16.9 Å². The Morgan fingerprint density at radius 1 is 1.21 bits per heavy atom. The Morgan fingerprint density at radius 3 is 2.63 bits per heavy atom. The number of hydrogen-bond donors (Lipinski definition) is 1. The van der Waals surface area contributed by atoms with Crippen LogP contribution in [0.15, 0.2) is 42.5 Å². The summed E-state index contributed by atoms with van der Waals surface area (Å²) in [7, 11) is 2.05. The molecule has 2 rings (SSSR count). The van der Waals surface area contributed by atoms with Crippen LogP contribution in [0.1, 0.15) is 24.2 Å². The molecule has 2 aromatic rings. The molecule has 0 radical (unpaired) electrons. The monoisotopic (exact) mass is 275 g/mol. The van der Waals surface area contributed by atoms with Gasteiger partial charge in [-0.25, -0.2) is 4.98 Å². The fourth-order valence-electron chi connectivity index (χ4n) is 2.03. The highest BCUT2D eigenvalue weighted by atomic mass is 35.5. The van der Waals surface area contributed by atoms with Crippen LogP contribution in [-0.2, 0) is 6.54 Å². The Labute approximate surface area is 119 Å². The van der Waals surface area contributed by atoms with Gasteiger partial charge in [0.1, 0.15) is 5.82 Å². The molecule has 0 aliphatic rings. The van der Waals surface area contributed by atoms with E-state index in [1.165, 1.54) is 0 Å². The maximum absolute atomic E-state index is 6.23. The summed E-state index contributed by atoms with van der Waals surface area (Å²) in [4.78, 5) is 6.51. The van der Waals surface area contributed by atoms with Crippen molar-refractivity contribution in [1.82, 2.24) is 9.88 Å². The molecule has 1 heterocycles. The SMILES string of the molecule is CC(c1ccccc1Cl)N(C)Cc1cccc(N)n1. The number of nitrogens with two attached hydrogens (primary N) is 1. The molecule has 1 aromatic heterocycles. The van der Waals surface area contributed by atoms with Gasteiger partial charge in [0.15, 0.2) is 0 Å². The Balaban J connectivity index is 2.12. The lowest BCUT2D eigenvalue weighted by molar-refractivity contribution is 0.250. The minimum absolute atomic E-state index is 0.219. The quantitative estimate of drug-likeness (QED) is 0.928. The largest absolute Gasteiger partial charge is 0.384 e. The summed E-state index contributed by atoms with van der Waals surface area (Å²) in [6.45, 7) is 2.87. The summed E-state index contributed by atoms with van der Waals surface area (Å²) in [5.41, 5.74) is 7.78. The summed E-state index contributed by atoms with van der Waals surface area (Å²) >= 11 is 6.23. The molecule has 100 valence electrons. The van der Waals surface area contributed by atoms with E-state index in [9.17, 15) is 0 Å². The van der Waals surface area contributed by atoms with Gasteiger partial charge in [-0.15, -0.1) is 0 Å². The first-order valence-corrected chi connectivity index (χ1v) is 6.62. The second-order valence-corrected chi connectivity index (χ2v) is 5.07. The molecule has 19 heavy (non-hydrogen) atoms. The van der Waals surface area contributed by atoms with E-state index in [0.717, 1.165) is 22.8 Å². The third-order valence-corrected chi connectivity index (χ3v) is 3.60. The number of benzene rings is 1. The van der Waals surface area contributed by atoms with Gasteiger partial charge in [0, 0.05) is 17.6 Å². The van der Waals surface area contributed by atoms with Gasteiger partial charge in [0.2, 0.25) is 0 Å². The van der Waals surface area contributed by atoms with E-state index in [1.54, 1.807) is 6.07 Å². The average molecular weight is 276 g/mol. The Bertz CT molecular complexity index is 557. The van der Waals surface area contributed by atoms with Gasteiger partial charge >= 0.3 is 0 Å². The fraction of sp³-hybridized carbons (Fsp3) is 0.267. The molecule has 4 heteroatoms. The summed E-state index contributed by atoms with van der Waals surface area (Å²) in [6.07, 6.45) is 0. The fourth-order valence-corrected chi connectivity index (χ4v) is 2.32. The van der Waals surface area contributed by atoms with Gasteiger partial charge in [0.25, 0.3) is 0 Å². The van der Waals surface area contributed by atoms with Crippen molar-refractivity contribution in [1.29, 1.82) is 0 Å². The smallest absolute Gasteiger partial charge is 0.123 e. The molecule has 3 nitrogen and oxygen atoms in total. The molecule has 0 bridgehead atoms. The summed E-state index contributed by atoms with van der Waals surface area (Å²) in [6, 6.07) is 13.8. The average Bonchev–Trinajstić information content (AvgIpc) is 2.38. The van der Waals surface area contributed by atoms with E-state index in [0.29, 0.717) is 5.82 Å². The molecule has 2 N–H and O–H groups in total. The third kappa shape index (κ3) is 3.46. The number of anilines is 1. The Kier molecular flexibility index (Phi) is 4.40. The highest BCUT2D eigenvalue weighted by molar-refractivity contribution is 6.31. The van der Waals surface area contributed by atoms with E-state index in [1.807, 2.05) is 30.3 Å². The highest BCUT2D eigenvalue weighted by Gasteiger charge is 2.14. The molecule has 0 fully saturated rings. The van der Waals surface area contributed by atoms with Crippen LogP contribution in [0.2, 0.25) is 5.02 Å². The third-order valence-electron chi connectivity index (χ3n) is 3.26. The Hall–Kier alpha value is -1.58. The van der Waals surface area contributed by atoms with Crippen LogP contribution >= 0.6 is 11.6 Å². The maximum atomic E-state index is 6.23. The summed E-state index contributed by atoms with van der Waals surface area (Å²) in [5, 5.41) is 0.794. The van der Waals surface area contributed by atoms with E-state index >= 15 is 0 Å². The topological polar surface area (TPSA) is 42.1 Å². The molecule has 1 atom stereocenters. The summed E-state index contributed by atoms with van der Waals surface area (Å²) < 4.78 is 0. The second kappa shape index (κ2) is 6.04. The molecule has 0 aliphatic heterocycles. The van der Waals surface area contributed by atoms with E-state index in [-0.39, 0.29) is 6.04 Å². The van der Waals surface area contributed by atoms with Crippen molar-refractivity contribution >= 4 is 17.4 Å². The van der Waals surface area contributed by atoms with E-state index in [2.05, 4.69) is 29.9 Å². The highest BCUT2D eigenvalue weighted by Crippen LogP contribution is 2.26.